The molecule has 0 aliphatic carbocycles. The van der Waals surface area contributed by atoms with Gasteiger partial charge in [0.1, 0.15) is 0 Å². The molecule has 1 atom stereocenters. The molecule has 1 unspecified atom stereocenters. The Bertz CT molecular complexity index is 99.4. The van der Waals surface area contributed by atoms with Crippen LogP contribution in [0, 0.1) is 0 Å². The first kappa shape index (κ1) is 10.0. The van der Waals surface area contributed by atoms with Gasteiger partial charge in [0, 0.05) is 5.75 Å². The number of hydrogen-bond acceptors (Lipinski definition) is 2. The molecule has 0 aromatic rings. The van der Waals surface area contributed by atoms with Crippen molar-refractivity contribution in [3.05, 3.63) is 12.7 Å². The first-order valence-electron chi connectivity index (χ1n) is 3.66. The summed E-state index contributed by atoms with van der Waals surface area (Å²) in [5.41, 5.74) is 5.93. The molecule has 0 bridgehead atoms. The lowest BCUT2D eigenvalue weighted by Crippen LogP contribution is -2.31. The number of hydrogen-bond donors (Lipinski definition) is 1. The van der Waals surface area contributed by atoms with E-state index < -0.39 is 0 Å². The number of thioether (sulfide) groups is 1. The van der Waals surface area contributed by atoms with Crippen molar-refractivity contribution in [3.63, 3.8) is 0 Å². The maximum absolute atomic E-state index is 5.93. The molecule has 2 N–H and O–H groups in total. The highest BCUT2D eigenvalue weighted by Gasteiger charge is 2.15. The summed E-state index contributed by atoms with van der Waals surface area (Å²) in [5, 5.41) is 0. The zero-order chi connectivity index (χ0) is 8.04. The van der Waals surface area contributed by atoms with E-state index in [1.54, 1.807) is 11.8 Å². The van der Waals surface area contributed by atoms with Gasteiger partial charge in [-0.25, -0.2) is 0 Å². The van der Waals surface area contributed by atoms with E-state index in [0.29, 0.717) is 0 Å². The van der Waals surface area contributed by atoms with Crippen LogP contribution in [-0.2, 0) is 0 Å². The van der Waals surface area contributed by atoms with E-state index >= 15 is 0 Å². The van der Waals surface area contributed by atoms with Gasteiger partial charge in [-0.15, -0.1) is 18.3 Å². The molecule has 10 heavy (non-hydrogen) atoms. The summed E-state index contributed by atoms with van der Waals surface area (Å²) in [6.07, 6.45) is 4.12. The van der Waals surface area contributed by atoms with E-state index in [4.69, 9.17) is 5.73 Å². The van der Waals surface area contributed by atoms with Crippen LogP contribution in [-0.4, -0.2) is 10.6 Å². The average Bonchev–Trinajstić information content (AvgIpc) is 1.84. The SMILES string of the molecule is C=CCSC(C)(N)CCC. The van der Waals surface area contributed by atoms with Crippen molar-refractivity contribution >= 4 is 11.8 Å². The Hall–Kier alpha value is 0.0500. The van der Waals surface area contributed by atoms with Crippen molar-refractivity contribution in [1.29, 1.82) is 0 Å². The molecule has 0 heterocycles. The van der Waals surface area contributed by atoms with E-state index in [1.807, 2.05) is 6.08 Å². The Balaban J connectivity index is 3.51. The Labute approximate surface area is 68.1 Å². The summed E-state index contributed by atoms with van der Waals surface area (Å²) in [4.78, 5) is -0.0526. The molecule has 2 heteroatoms. The highest BCUT2D eigenvalue weighted by molar-refractivity contribution is 8.00. The van der Waals surface area contributed by atoms with Gasteiger partial charge in [0.15, 0.2) is 0 Å². The predicted octanol–water partition coefficient (Wildman–Crippen LogP) is 2.38. The summed E-state index contributed by atoms with van der Waals surface area (Å²) >= 11 is 1.76. The summed E-state index contributed by atoms with van der Waals surface area (Å²) in [6, 6.07) is 0. The van der Waals surface area contributed by atoms with Crippen LogP contribution in [0.25, 0.3) is 0 Å². The molecule has 0 radical (unpaired) electrons. The Morgan fingerprint density at radius 3 is 2.70 bits per heavy atom. The first-order valence-corrected chi connectivity index (χ1v) is 4.64. The molecule has 0 aromatic heterocycles. The minimum Gasteiger partial charge on any atom is -0.317 e. The van der Waals surface area contributed by atoms with Crippen molar-refractivity contribution in [2.24, 2.45) is 5.73 Å². The molecule has 0 amide bonds. The highest BCUT2D eigenvalue weighted by atomic mass is 32.2. The molecule has 60 valence electrons. The van der Waals surface area contributed by atoms with Crippen molar-refractivity contribution < 1.29 is 0 Å². The van der Waals surface area contributed by atoms with E-state index in [2.05, 4.69) is 20.4 Å². The molecule has 0 saturated heterocycles. The third kappa shape index (κ3) is 4.89. The fourth-order valence-corrected chi connectivity index (χ4v) is 1.66. The second-order valence-electron chi connectivity index (χ2n) is 2.66. The van der Waals surface area contributed by atoms with Crippen molar-refractivity contribution in [1.82, 2.24) is 0 Å². The standard InChI is InChI=1S/C8H17NS/c1-4-6-8(3,9)10-7-5-2/h5H,2,4,6-7,9H2,1,3H3. The highest BCUT2D eigenvalue weighted by Crippen LogP contribution is 2.23. The molecule has 1 nitrogen and oxygen atoms in total. The van der Waals surface area contributed by atoms with Gasteiger partial charge in [0.25, 0.3) is 0 Å². The van der Waals surface area contributed by atoms with Gasteiger partial charge < -0.3 is 5.73 Å². The van der Waals surface area contributed by atoms with Crippen molar-refractivity contribution in [2.75, 3.05) is 5.75 Å². The van der Waals surface area contributed by atoms with Crippen LogP contribution < -0.4 is 5.73 Å². The van der Waals surface area contributed by atoms with Crippen LogP contribution in [0.4, 0.5) is 0 Å². The normalized spacial score (nSPS) is 16.3. The first-order chi connectivity index (χ1) is 4.62. The van der Waals surface area contributed by atoms with Gasteiger partial charge >= 0.3 is 0 Å². The van der Waals surface area contributed by atoms with Gasteiger partial charge in [-0.05, 0) is 13.3 Å². The van der Waals surface area contributed by atoms with E-state index in [1.165, 1.54) is 0 Å². The summed E-state index contributed by atoms with van der Waals surface area (Å²) in [7, 11) is 0. The van der Waals surface area contributed by atoms with E-state index in [0.717, 1.165) is 18.6 Å². The smallest absolute Gasteiger partial charge is 0.0594 e. The summed E-state index contributed by atoms with van der Waals surface area (Å²) in [5.74, 6) is 0.951. The molecule has 0 aliphatic heterocycles. The molecule has 0 spiro atoms. The minimum atomic E-state index is -0.0526. The summed E-state index contributed by atoms with van der Waals surface area (Å²) in [6.45, 7) is 7.87. The average molecular weight is 159 g/mol. The lowest BCUT2D eigenvalue weighted by atomic mass is 10.2. The Kier molecular flexibility index (Phi) is 4.83. The topological polar surface area (TPSA) is 26.0 Å². The lowest BCUT2D eigenvalue weighted by Gasteiger charge is -2.22. The fraction of sp³-hybridized carbons (Fsp3) is 0.750. The maximum atomic E-state index is 5.93. The van der Waals surface area contributed by atoms with Crippen LogP contribution in [0.3, 0.4) is 0 Å². The molecular formula is C8H17NS. The Morgan fingerprint density at radius 1 is 1.70 bits per heavy atom. The fourth-order valence-electron chi connectivity index (χ4n) is 0.818. The Morgan fingerprint density at radius 2 is 2.30 bits per heavy atom. The number of rotatable bonds is 5. The van der Waals surface area contributed by atoms with Crippen molar-refractivity contribution in [2.45, 2.75) is 31.6 Å². The molecule has 0 saturated carbocycles. The maximum Gasteiger partial charge on any atom is 0.0594 e. The molecule has 0 fully saturated rings. The van der Waals surface area contributed by atoms with Crippen LogP contribution in [0.2, 0.25) is 0 Å². The minimum absolute atomic E-state index is 0.0526. The predicted molar refractivity (Wildman–Crippen MR) is 50.2 cm³/mol. The van der Waals surface area contributed by atoms with Crippen LogP contribution in [0.15, 0.2) is 12.7 Å². The van der Waals surface area contributed by atoms with Crippen molar-refractivity contribution in [3.8, 4) is 0 Å². The monoisotopic (exact) mass is 159 g/mol. The van der Waals surface area contributed by atoms with Crippen LogP contribution in [0.5, 0.6) is 0 Å². The zero-order valence-corrected chi connectivity index (χ0v) is 7.71. The van der Waals surface area contributed by atoms with Crippen LogP contribution >= 0.6 is 11.8 Å². The van der Waals surface area contributed by atoms with E-state index in [-0.39, 0.29) is 4.87 Å². The largest absolute Gasteiger partial charge is 0.317 e. The third-order valence-corrected chi connectivity index (χ3v) is 2.54. The van der Waals surface area contributed by atoms with Gasteiger partial charge in [-0.3, -0.25) is 0 Å². The third-order valence-electron chi connectivity index (χ3n) is 1.28. The van der Waals surface area contributed by atoms with Gasteiger partial charge in [-0.2, -0.15) is 0 Å². The lowest BCUT2D eigenvalue weighted by molar-refractivity contribution is 0.601. The van der Waals surface area contributed by atoms with Crippen LogP contribution in [0.1, 0.15) is 26.7 Å². The molecular weight excluding hydrogens is 142 g/mol. The second-order valence-corrected chi connectivity index (χ2v) is 4.22. The van der Waals surface area contributed by atoms with Gasteiger partial charge in [0.05, 0.1) is 4.87 Å². The molecule has 0 aliphatic rings. The number of nitrogens with two attached hydrogens (primary N) is 1. The quantitative estimate of drug-likeness (QED) is 0.492. The molecule has 0 aromatic carbocycles. The second kappa shape index (κ2) is 4.80. The summed E-state index contributed by atoms with van der Waals surface area (Å²) < 4.78 is 0. The zero-order valence-electron chi connectivity index (χ0n) is 6.89. The van der Waals surface area contributed by atoms with Gasteiger partial charge in [-0.1, -0.05) is 19.4 Å². The molecule has 0 rings (SSSR count). The van der Waals surface area contributed by atoms with E-state index in [9.17, 15) is 0 Å². The van der Waals surface area contributed by atoms with Gasteiger partial charge in [0.2, 0.25) is 0 Å².